The standard InChI is InChI=1S/C23H26ClFN6O2/c1-2-29-9-11-30(12-10-29)20-8-3-15(24)13-18(20)27-23(33)19-14-21(22(26)32)31(28-19)17-6-4-16(25)5-7-17/h3-8,13,21H,2,9-12,14H2,1H3,(H2,26,32)(H,27,33). The third-order valence-corrected chi connectivity index (χ3v) is 6.19. The molecule has 1 fully saturated rings. The summed E-state index contributed by atoms with van der Waals surface area (Å²) < 4.78 is 13.3. The number of carbonyl (C=O) groups excluding carboxylic acids is 2. The highest BCUT2D eigenvalue weighted by Gasteiger charge is 2.35. The Kier molecular flexibility index (Phi) is 6.80. The van der Waals surface area contributed by atoms with Gasteiger partial charge < -0.3 is 20.9 Å². The quantitative estimate of drug-likeness (QED) is 0.674. The molecule has 2 aliphatic heterocycles. The Morgan fingerprint density at radius 3 is 2.48 bits per heavy atom. The molecule has 1 saturated heterocycles. The number of piperazine rings is 1. The number of primary amides is 1. The van der Waals surface area contributed by atoms with E-state index in [9.17, 15) is 14.0 Å². The molecule has 0 spiro atoms. The van der Waals surface area contributed by atoms with E-state index >= 15 is 0 Å². The van der Waals surface area contributed by atoms with Crippen LogP contribution in [-0.2, 0) is 9.59 Å². The maximum atomic E-state index is 13.3. The Balaban J connectivity index is 1.55. The van der Waals surface area contributed by atoms with Gasteiger partial charge >= 0.3 is 0 Å². The van der Waals surface area contributed by atoms with E-state index in [-0.39, 0.29) is 12.1 Å². The molecule has 8 nitrogen and oxygen atoms in total. The van der Waals surface area contributed by atoms with Gasteiger partial charge in [-0.05, 0) is 49.0 Å². The minimum atomic E-state index is -0.836. The van der Waals surface area contributed by atoms with Gasteiger partial charge in [0, 0.05) is 37.6 Å². The van der Waals surface area contributed by atoms with Crippen molar-refractivity contribution in [3.63, 3.8) is 0 Å². The smallest absolute Gasteiger partial charge is 0.272 e. The fourth-order valence-corrected chi connectivity index (χ4v) is 4.26. The zero-order chi connectivity index (χ0) is 23.5. The molecule has 10 heteroatoms. The largest absolute Gasteiger partial charge is 0.368 e. The molecule has 1 unspecified atom stereocenters. The van der Waals surface area contributed by atoms with Crippen molar-refractivity contribution >= 4 is 46.2 Å². The monoisotopic (exact) mass is 472 g/mol. The topological polar surface area (TPSA) is 94.3 Å². The number of benzene rings is 2. The van der Waals surface area contributed by atoms with Crippen LogP contribution in [0.15, 0.2) is 47.6 Å². The van der Waals surface area contributed by atoms with E-state index < -0.39 is 23.7 Å². The number of halogens is 2. The second-order valence-electron chi connectivity index (χ2n) is 8.03. The van der Waals surface area contributed by atoms with E-state index in [0.29, 0.717) is 16.4 Å². The van der Waals surface area contributed by atoms with Crippen LogP contribution in [0.2, 0.25) is 5.02 Å². The maximum Gasteiger partial charge on any atom is 0.272 e. The van der Waals surface area contributed by atoms with Gasteiger partial charge in [-0.3, -0.25) is 14.6 Å². The summed E-state index contributed by atoms with van der Waals surface area (Å²) in [6.45, 7) is 6.69. The third-order valence-electron chi connectivity index (χ3n) is 5.96. The molecule has 0 aromatic heterocycles. The summed E-state index contributed by atoms with van der Waals surface area (Å²) in [5.41, 5.74) is 7.63. The molecule has 2 heterocycles. The first-order chi connectivity index (χ1) is 15.9. The lowest BCUT2D eigenvalue weighted by atomic mass is 10.1. The number of amides is 2. The number of nitrogens with zero attached hydrogens (tertiary/aromatic N) is 4. The number of hydrogen-bond acceptors (Lipinski definition) is 6. The zero-order valence-corrected chi connectivity index (χ0v) is 19.1. The maximum absolute atomic E-state index is 13.3. The van der Waals surface area contributed by atoms with Crippen LogP contribution in [0.3, 0.4) is 0 Å². The molecule has 4 rings (SSSR count). The molecule has 2 aromatic carbocycles. The van der Waals surface area contributed by atoms with Crippen molar-refractivity contribution in [3.8, 4) is 0 Å². The van der Waals surface area contributed by atoms with Crippen LogP contribution in [0.25, 0.3) is 0 Å². The minimum absolute atomic E-state index is 0.0453. The highest BCUT2D eigenvalue weighted by molar-refractivity contribution is 6.44. The van der Waals surface area contributed by atoms with Crippen LogP contribution in [0.1, 0.15) is 13.3 Å². The Labute approximate surface area is 196 Å². The second-order valence-corrected chi connectivity index (χ2v) is 8.46. The van der Waals surface area contributed by atoms with E-state index in [1.807, 2.05) is 6.07 Å². The molecule has 0 radical (unpaired) electrons. The molecule has 33 heavy (non-hydrogen) atoms. The van der Waals surface area contributed by atoms with Gasteiger partial charge in [-0.2, -0.15) is 5.10 Å². The Morgan fingerprint density at radius 1 is 1.15 bits per heavy atom. The van der Waals surface area contributed by atoms with E-state index in [4.69, 9.17) is 17.3 Å². The summed E-state index contributed by atoms with van der Waals surface area (Å²) >= 11 is 6.22. The fourth-order valence-electron chi connectivity index (χ4n) is 4.08. The van der Waals surface area contributed by atoms with Gasteiger partial charge in [0.05, 0.1) is 17.1 Å². The Hall–Kier alpha value is -3.17. The summed E-state index contributed by atoms with van der Waals surface area (Å²) in [4.78, 5) is 29.7. The SMILES string of the molecule is CCN1CCN(c2ccc(Cl)cc2NC(=O)C2=NN(c3ccc(F)cc3)C(C(N)=O)C2)CC1. The van der Waals surface area contributed by atoms with E-state index in [1.54, 1.807) is 12.1 Å². The summed E-state index contributed by atoms with van der Waals surface area (Å²) in [6, 6.07) is 10.1. The predicted octanol–water partition coefficient (Wildman–Crippen LogP) is 2.68. The first-order valence-electron chi connectivity index (χ1n) is 10.9. The fraction of sp³-hybridized carbons (Fsp3) is 0.348. The van der Waals surface area contributed by atoms with Crippen molar-refractivity contribution in [2.45, 2.75) is 19.4 Å². The molecule has 2 amide bonds. The van der Waals surface area contributed by atoms with Gasteiger partial charge in [0.15, 0.2) is 0 Å². The molecule has 2 aliphatic rings. The molecule has 0 aliphatic carbocycles. The number of rotatable bonds is 6. The van der Waals surface area contributed by atoms with Gasteiger partial charge in [0.2, 0.25) is 5.91 Å². The lowest BCUT2D eigenvalue weighted by Gasteiger charge is -2.36. The summed E-state index contributed by atoms with van der Waals surface area (Å²) in [6.07, 6.45) is 0.0453. The summed E-state index contributed by atoms with van der Waals surface area (Å²) in [7, 11) is 0. The molecule has 1 atom stereocenters. The van der Waals surface area contributed by atoms with Gasteiger partial charge in [-0.25, -0.2) is 4.39 Å². The van der Waals surface area contributed by atoms with Gasteiger partial charge in [-0.15, -0.1) is 0 Å². The van der Waals surface area contributed by atoms with Crippen molar-refractivity contribution in [1.82, 2.24) is 4.90 Å². The molecule has 2 aromatic rings. The highest BCUT2D eigenvalue weighted by atomic mass is 35.5. The van der Waals surface area contributed by atoms with Crippen molar-refractivity contribution < 1.29 is 14.0 Å². The lowest BCUT2D eigenvalue weighted by Crippen LogP contribution is -2.46. The van der Waals surface area contributed by atoms with E-state index in [2.05, 4.69) is 27.1 Å². The molecule has 174 valence electrons. The second kappa shape index (κ2) is 9.76. The average molecular weight is 473 g/mol. The number of anilines is 3. The molecule has 3 N–H and O–H groups in total. The summed E-state index contributed by atoms with van der Waals surface area (Å²) in [5.74, 6) is -1.48. The predicted molar refractivity (Wildman–Crippen MR) is 128 cm³/mol. The van der Waals surface area contributed by atoms with E-state index in [1.165, 1.54) is 29.3 Å². The van der Waals surface area contributed by atoms with Crippen LogP contribution < -0.4 is 21.0 Å². The number of hydrazone groups is 1. The van der Waals surface area contributed by atoms with Crippen LogP contribution in [0.4, 0.5) is 21.5 Å². The van der Waals surface area contributed by atoms with Crippen molar-refractivity contribution in [3.05, 3.63) is 53.3 Å². The number of nitrogens with two attached hydrogens (primary N) is 1. The summed E-state index contributed by atoms with van der Waals surface area (Å²) in [5, 5.41) is 9.10. The highest BCUT2D eigenvalue weighted by Crippen LogP contribution is 2.31. The first-order valence-corrected chi connectivity index (χ1v) is 11.2. The lowest BCUT2D eigenvalue weighted by molar-refractivity contribution is -0.119. The molecular formula is C23H26ClFN6O2. The number of hydrogen-bond donors (Lipinski definition) is 2. The normalized spacial score (nSPS) is 18.9. The van der Waals surface area contributed by atoms with Crippen molar-refractivity contribution in [2.24, 2.45) is 10.8 Å². The first kappa shape index (κ1) is 23.0. The van der Waals surface area contributed by atoms with Crippen LogP contribution in [-0.4, -0.2) is 61.2 Å². The van der Waals surface area contributed by atoms with Crippen molar-refractivity contribution in [2.75, 3.05) is 47.9 Å². The van der Waals surface area contributed by atoms with E-state index in [0.717, 1.165) is 38.4 Å². The number of carbonyl (C=O) groups is 2. The van der Waals surface area contributed by atoms with Crippen LogP contribution in [0.5, 0.6) is 0 Å². The Bertz CT molecular complexity index is 1070. The minimum Gasteiger partial charge on any atom is -0.368 e. The molecule has 0 bridgehead atoms. The van der Waals surface area contributed by atoms with Gasteiger partial charge in [0.1, 0.15) is 17.6 Å². The third kappa shape index (κ3) is 5.09. The van der Waals surface area contributed by atoms with Crippen LogP contribution in [0, 0.1) is 5.82 Å². The number of nitrogens with one attached hydrogen (secondary N) is 1. The number of likely N-dealkylation sites (N-methyl/N-ethyl adjacent to an activating group) is 1. The Morgan fingerprint density at radius 2 is 1.85 bits per heavy atom. The van der Waals surface area contributed by atoms with Gasteiger partial charge in [0.25, 0.3) is 5.91 Å². The zero-order valence-electron chi connectivity index (χ0n) is 18.3. The van der Waals surface area contributed by atoms with Gasteiger partial charge in [-0.1, -0.05) is 18.5 Å². The molecule has 0 saturated carbocycles. The molecular weight excluding hydrogens is 447 g/mol. The van der Waals surface area contributed by atoms with Crippen molar-refractivity contribution in [1.29, 1.82) is 0 Å². The van der Waals surface area contributed by atoms with Crippen LogP contribution >= 0.6 is 11.6 Å². The average Bonchev–Trinajstić information content (AvgIpc) is 3.26.